The van der Waals surface area contributed by atoms with Crippen molar-refractivity contribution in [3.05, 3.63) is 29.8 Å². The number of phenols is 1. The van der Waals surface area contributed by atoms with Crippen LogP contribution in [-0.4, -0.2) is 23.5 Å². The molecule has 0 saturated carbocycles. The van der Waals surface area contributed by atoms with Crippen molar-refractivity contribution in [1.29, 1.82) is 0 Å². The van der Waals surface area contributed by atoms with Crippen molar-refractivity contribution in [2.45, 2.75) is 18.9 Å². The van der Waals surface area contributed by atoms with Crippen molar-refractivity contribution < 1.29 is 9.90 Å². The SMILES string of the molecule is O=C(Cc1ccc(O)cc1)C1CCN1. The quantitative estimate of drug-likeness (QED) is 0.745. The first-order valence-electron chi connectivity index (χ1n) is 4.80. The summed E-state index contributed by atoms with van der Waals surface area (Å²) in [6.45, 7) is 0.950. The molecule has 14 heavy (non-hydrogen) atoms. The largest absolute Gasteiger partial charge is 0.508 e. The van der Waals surface area contributed by atoms with Gasteiger partial charge in [0.2, 0.25) is 0 Å². The predicted molar refractivity (Wildman–Crippen MR) is 53.2 cm³/mol. The Morgan fingerprint density at radius 3 is 2.57 bits per heavy atom. The second-order valence-electron chi connectivity index (χ2n) is 3.60. The van der Waals surface area contributed by atoms with Crippen molar-refractivity contribution in [1.82, 2.24) is 5.32 Å². The number of rotatable bonds is 3. The third kappa shape index (κ3) is 1.93. The van der Waals surface area contributed by atoms with Crippen molar-refractivity contribution in [3.63, 3.8) is 0 Å². The first-order valence-corrected chi connectivity index (χ1v) is 4.80. The molecule has 0 aliphatic carbocycles. The summed E-state index contributed by atoms with van der Waals surface area (Å²) in [6.07, 6.45) is 1.41. The zero-order valence-corrected chi connectivity index (χ0v) is 7.86. The molecule has 74 valence electrons. The molecule has 2 N–H and O–H groups in total. The minimum absolute atomic E-state index is 0.0591. The van der Waals surface area contributed by atoms with Gasteiger partial charge < -0.3 is 10.4 Å². The molecule has 1 unspecified atom stereocenters. The van der Waals surface area contributed by atoms with Crippen LogP contribution in [0, 0.1) is 0 Å². The van der Waals surface area contributed by atoms with Gasteiger partial charge in [-0.1, -0.05) is 12.1 Å². The van der Waals surface area contributed by atoms with Gasteiger partial charge in [-0.3, -0.25) is 4.79 Å². The maximum absolute atomic E-state index is 11.6. The molecule has 3 heteroatoms. The van der Waals surface area contributed by atoms with Crippen LogP contribution in [0.3, 0.4) is 0 Å². The summed E-state index contributed by atoms with van der Waals surface area (Å²) in [7, 11) is 0. The zero-order chi connectivity index (χ0) is 9.97. The van der Waals surface area contributed by atoms with E-state index in [1.165, 1.54) is 0 Å². The Balaban J connectivity index is 1.96. The molecular formula is C11H13NO2. The number of carbonyl (C=O) groups excluding carboxylic acids is 1. The second-order valence-corrected chi connectivity index (χ2v) is 3.60. The molecule has 1 fully saturated rings. The van der Waals surface area contributed by atoms with Crippen molar-refractivity contribution in [2.24, 2.45) is 0 Å². The summed E-state index contributed by atoms with van der Waals surface area (Å²) in [6, 6.07) is 6.84. The van der Waals surface area contributed by atoms with E-state index in [1.807, 2.05) is 0 Å². The Hall–Kier alpha value is -1.35. The van der Waals surface area contributed by atoms with Gasteiger partial charge in [0.1, 0.15) is 5.75 Å². The number of carbonyl (C=O) groups is 1. The number of hydrogen-bond donors (Lipinski definition) is 2. The predicted octanol–water partition coefficient (Wildman–Crippen LogP) is 0.866. The van der Waals surface area contributed by atoms with Crippen LogP contribution in [0.2, 0.25) is 0 Å². The number of Topliss-reactive ketones (excluding diaryl/α,β-unsaturated/α-hetero) is 1. The van der Waals surface area contributed by atoms with Crippen LogP contribution in [-0.2, 0) is 11.2 Å². The van der Waals surface area contributed by atoms with Crippen LogP contribution in [0.25, 0.3) is 0 Å². The Labute approximate surface area is 82.8 Å². The lowest BCUT2D eigenvalue weighted by atomic mass is 9.97. The molecule has 0 aromatic heterocycles. The fraction of sp³-hybridized carbons (Fsp3) is 0.364. The van der Waals surface area contributed by atoms with Gasteiger partial charge in [-0.25, -0.2) is 0 Å². The average Bonchev–Trinajstić information content (AvgIpc) is 2.06. The van der Waals surface area contributed by atoms with E-state index in [0.29, 0.717) is 6.42 Å². The van der Waals surface area contributed by atoms with Crippen LogP contribution < -0.4 is 5.32 Å². The Bertz CT molecular complexity index is 328. The minimum Gasteiger partial charge on any atom is -0.508 e. The molecule has 2 rings (SSSR count). The number of phenolic OH excluding ortho intramolecular Hbond substituents is 1. The highest BCUT2D eigenvalue weighted by Gasteiger charge is 2.23. The van der Waals surface area contributed by atoms with Crippen molar-refractivity contribution in [2.75, 3.05) is 6.54 Å². The number of hydrogen-bond acceptors (Lipinski definition) is 3. The minimum atomic E-state index is 0.0591. The Kier molecular flexibility index (Phi) is 2.50. The van der Waals surface area contributed by atoms with Gasteiger partial charge in [-0.2, -0.15) is 0 Å². The van der Waals surface area contributed by atoms with Crippen LogP contribution in [0.5, 0.6) is 5.75 Å². The summed E-state index contributed by atoms with van der Waals surface area (Å²) in [5, 5.41) is 12.1. The van der Waals surface area contributed by atoms with Crippen LogP contribution in [0.1, 0.15) is 12.0 Å². The first-order chi connectivity index (χ1) is 6.75. The molecule has 1 heterocycles. The van der Waals surface area contributed by atoms with Crippen LogP contribution in [0.15, 0.2) is 24.3 Å². The lowest BCUT2D eigenvalue weighted by Gasteiger charge is -2.26. The van der Waals surface area contributed by atoms with Crippen molar-refractivity contribution in [3.8, 4) is 5.75 Å². The van der Waals surface area contributed by atoms with E-state index in [1.54, 1.807) is 24.3 Å². The van der Waals surface area contributed by atoms with E-state index in [0.717, 1.165) is 18.5 Å². The molecule has 1 aromatic rings. The molecule has 0 amide bonds. The lowest BCUT2D eigenvalue weighted by molar-refractivity contribution is -0.121. The highest BCUT2D eigenvalue weighted by molar-refractivity contribution is 5.86. The fourth-order valence-corrected chi connectivity index (χ4v) is 1.50. The summed E-state index contributed by atoms with van der Waals surface area (Å²) in [4.78, 5) is 11.6. The van der Waals surface area contributed by atoms with E-state index in [-0.39, 0.29) is 17.6 Å². The zero-order valence-electron chi connectivity index (χ0n) is 7.86. The lowest BCUT2D eigenvalue weighted by Crippen LogP contribution is -2.49. The second kappa shape index (κ2) is 3.80. The standard InChI is InChI=1S/C11H13NO2/c13-9-3-1-8(2-4-9)7-11(14)10-5-6-12-10/h1-4,10,12-13H,5-7H2. The molecule has 3 nitrogen and oxygen atoms in total. The molecule has 1 aromatic carbocycles. The van der Waals surface area contributed by atoms with Gasteiger partial charge in [0.25, 0.3) is 0 Å². The molecule has 1 aliphatic rings. The van der Waals surface area contributed by atoms with Crippen LogP contribution >= 0.6 is 0 Å². The normalized spacial score (nSPS) is 20.1. The molecule has 0 radical (unpaired) electrons. The van der Waals surface area contributed by atoms with Gasteiger partial charge >= 0.3 is 0 Å². The van der Waals surface area contributed by atoms with Gasteiger partial charge in [0.15, 0.2) is 5.78 Å². The average molecular weight is 191 g/mol. The molecular weight excluding hydrogens is 178 g/mol. The maximum Gasteiger partial charge on any atom is 0.154 e. The molecule has 0 bridgehead atoms. The Morgan fingerprint density at radius 2 is 2.07 bits per heavy atom. The van der Waals surface area contributed by atoms with Crippen LogP contribution in [0.4, 0.5) is 0 Å². The summed E-state index contributed by atoms with van der Waals surface area (Å²) in [5.74, 6) is 0.477. The number of benzene rings is 1. The van der Waals surface area contributed by atoms with Gasteiger partial charge in [-0.15, -0.1) is 0 Å². The monoisotopic (exact) mass is 191 g/mol. The maximum atomic E-state index is 11.6. The topological polar surface area (TPSA) is 49.3 Å². The van der Waals surface area contributed by atoms with Crippen molar-refractivity contribution >= 4 is 5.78 Å². The molecule has 1 atom stereocenters. The molecule has 1 aliphatic heterocycles. The first kappa shape index (κ1) is 9.21. The third-order valence-electron chi connectivity index (χ3n) is 2.53. The highest BCUT2D eigenvalue weighted by Crippen LogP contribution is 2.12. The van der Waals surface area contributed by atoms with E-state index in [2.05, 4.69) is 5.32 Å². The van der Waals surface area contributed by atoms with Gasteiger partial charge in [-0.05, 0) is 30.7 Å². The number of ketones is 1. The number of aromatic hydroxyl groups is 1. The summed E-state index contributed by atoms with van der Waals surface area (Å²) in [5.41, 5.74) is 0.960. The van der Waals surface area contributed by atoms with Gasteiger partial charge in [0, 0.05) is 6.42 Å². The van der Waals surface area contributed by atoms with E-state index in [4.69, 9.17) is 5.11 Å². The highest BCUT2D eigenvalue weighted by atomic mass is 16.3. The summed E-state index contributed by atoms with van der Waals surface area (Å²) >= 11 is 0. The summed E-state index contributed by atoms with van der Waals surface area (Å²) < 4.78 is 0. The van der Waals surface area contributed by atoms with E-state index in [9.17, 15) is 4.79 Å². The van der Waals surface area contributed by atoms with E-state index >= 15 is 0 Å². The molecule has 1 saturated heterocycles. The van der Waals surface area contributed by atoms with Gasteiger partial charge in [0.05, 0.1) is 6.04 Å². The Morgan fingerprint density at radius 1 is 1.43 bits per heavy atom. The molecule has 0 spiro atoms. The third-order valence-corrected chi connectivity index (χ3v) is 2.53. The smallest absolute Gasteiger partial charge is 0.154 e. The van der Waals surface area contributed by atoms with E-state index < -0.39 is 0 Å². The fourth-order valence-electron chi connectivity index (χ4n) is 1.50. The number of nitrogens with one attached hydrogen (secondary N) is 1.